The highest BCUT2D eigenvalue weighted by atomic mass is 32.2. The van der Waals surface area contributed by atoms with Gasteiger partial charge in [-0.15, -0.1) is 11.8 Å². The zero-order valence-electron chi connectivity index (χ0n) is 13.4. The van der Waals surface area contributed by atoms with Crippen molar-refractivity contribution in [1.29, 1.82) is 0 Å². The summed E-state index contributed by atoms with van der Waals surface area (Å²) in [4.78, 5) is 24.0. The van der Waals surface area contributed by atoms with Crippen LogP contribution in [0.25, 0.3) is 0 Å². The Bertz CT molecular complexity index is 757. The molecule has 122 valence electrons. The van der Waals surface area contributed by atoms with E-state index in [0.29, 0.717) is 17.1 Å². The van der Waals surface area contributed by atoms with Gasteiger partial charge < -0.3 is 5.32 Å². The molecule has 0 aliphatic rings. The van der Waals surface area contributed by atoms with E-state index in [-0.39, 0.29) is 11.6 Å². The normalized spacial score (nSPS) is 12.0. The molecular formula is C15H18N4O3S. The Kier molecular flexibility index (Phi) is 5.05. The van der Waals surface area contributed by atoms with Gasteiger partial charge in [-0.2, -0.15) is 5.10 Å². The van der Waals surface area contributed by atoms with Crippen LogP contribution in [0.2, 0.25) is 0 Å². The minimum absolute atomic E-state index is 0.0471. The summed E-state index contributed by atoms with van der Waals surface area (Å²) in [5.74, 6) is -0.271. The van der Waals surface area contributed by atoms with Crippen LogP contribution in [0.4, 0.5) is 11.4 Å². The topological polar surface area (TPSA) is 90.1 Å². The van der Waals surface area contributed by atoms with Crippen molar-refractivity contribution in [3.8, 4) is 0 Å². The zero-order valence-corrected chi connectivity index (χ0v) is 14.2. The Balaban J connectivity index is 2.27. The molecule has 0 aliphatic carbocycles. The third-order valence-electron chi connectivity index (χ3n) is 3.58. The van der Waals surface area contributed by atoms with Gasteiger partial charge in [0.05, 0.1) is 10.6 Å². The van der Waals surface area contributed by atoms with Crippen molar-refractivity contribution in [2.45, 2.75) is 31.7 Å². The van der Waals surface area contributed by atoms with E-state index < -0.39 is 11.0 Å². The van der Waals surface area contributed by atoms with Crippen LogP contribution < -0.4 is 5.32 Å². The maximum Gasteiger partial charge on any atom is 0.312 e. The van der Waals surface area contributed by atoms with Crippen LogP contribution in [0.3, 0.4) is 0 Å². The van der Waals surface area contributed by atoms with E-state index in [0.717, 1.165) is 4.90 Å². The maximum absolute atomic E-state index is 12.5. The summed E-state index contributed by atoms with van der Waals surface area (Å²) in [6, 6.07) is 6.82. The molecule has 1 N–H and O–H groups in total. The molecule has 1 unspecified atom stereocenters. The Labute approximate surface area is 138 Å². The van der Waals surface area contributed by atoms with Crippen molar-refractivity contribution in [3.63, 3.8) is 0 Å². The summed E-state index contributed by atoms with van der Waals surface area (Å²) in [7, 11) is 0. The molecule has 0 fully saturated rings. The highest BCUT2D eigenvalue weighted by Gasteiger charge is 2.27. The summed E-state index contributed by atoms with van der Waals surface area (Å²) in [6.07, 6.45) is 1.93. The fraction of sp³-hybridized carbons (Fsp3) is 0.333. The zero-order chi connectivity index (χ0) is 17.1. The standard InChI is InChI=1S/C15H18N4O3S/c1-9-14(19(21)22)10(2)18(17-9)11(3)15(20)16-12-7-5-6-8-13(12)23-4/h5-8,11H,1-4H3,(H,16,20). The van der Waals surface area contributed by atoms with E-state index in [1.54, 1.807) is 20.8 Å². The molecule has 0 saturated carbocycles. The monoisotopic (exact) mass is 334 g/mol. The Hall–Kier alpha value is -2.35. The number of nitro groups is 1. The molecule has 1 heterocycles. The summed E-state index contributed by atoms with van der Waals surface area (Å²) in [6.45, 7) is 4.83. The van der Waals surface area contributed by atoms with E-state index in [9.17, 15) is 14.9 Å². The first-order valence-electron chi connectivity index (χ1n) is 7.00. The van der Waals surface area contributed by atoms with Crippen LogP contribution in [-0.4, -0.2) is 26.9 Å². The van der Waals surface area contributed by atoms with E-state index in [4.69, 9.17) is 0 Å². The van der Waals surface area contributed by atoms with Gasteiger partial charge in [0.2, 0.25) is 5.91 Å². The molecular weight excluding hydrogens is 316 g/mol. The van der Waals surface area contributed by atoms with Crippen LogP contribution in [0.1, 0.15) is 24.4 Å². The maximum atomic E-state index is 12.5. The molecule has 0 spiro atoms. The largest absolute Gasteiger partial charge is 0.323 e. The SMILES string of the molecule is CSc1ccccc1NC(=O)C(C)n1nc(C)c([N+](=O)[O-])c1C. The first kappa shape index (κ1) is 17.0. The minimum Gasteiger partial charge on any atom is -0.323 e. The van der Waals surface area contributed by atoms with Gasteiger partial charge in [-0.25, -0.2) is 0 Å². The van der Waals surface area contributed by atoms with Gasteiger partial charge >= 0.3 is 5.69 Å². The fourth-order valence-corrected chi connectivity index (χ4v) is 2.95. The molecule has 1 aromatic heterocycles. The number of amides is 1. The van der Waals surface area contributed by atoms with Gasteiger partial charge in [-0.05, 0) is 39.2 Å². The predicted molar refractivity (Wildman–Crippen MR) is 89.9 cm³/mol. The van der Waals surface area contributed by atoms with Crippen molar-refractivity contribution < 1.29 is 9.72 Å². The van der Waals surface area contributed by atoms with E-state index in [2.05, 4.69) is 10.4 Å². The smallest absolute Gasteiger partial charge is 0.312 e. The van der Waals surface area contributed by atoms with Gasteiger partial charge in [-0.1, -0.05) is 12.1 Å². The van der Waals surface area contributed by atoms with E-state index in [1.807, 2.05) is 30.5 Å². The quantitative estimate of drug-likeness (QED) is 0.514. The fourth-order valence-electron chi connectivity index (χ4n) is 2.39. The number of benzene rings is 1. The lowest BCUT2D eigenvalue weighted by Gasteiger charge is -2.15. The van der Waals surface area contributed by atoms with Gasteiger partial charge in [0, 0.05) is 4.90 Å². The molecule has 0 aliphatic heterocycles. The summed E-state index contributed by atoms with van der Waals surface area (Å²) in [5, 5.41) is 18.1. The van der Waals surface area contributed by atoms with Crippen molar-refractivity contribution in [1.82, 2.24) is 9.78 Å². The Morgan fingerprint density at radius 2 is 2.04 bits per heavy atom. The first-order valence-corrected chi connectivity index (χ1v) is 8.23. The number of aromatic nitrogens is 2. The molecule has 2 aromatic rings. The Morgan fingerprint density at radius 1 is 1.39 bits per heavy atom. The summed E-state index contributed by atoms with van der Waals surface area (Å²) in [5.41, 5.74) is 1.34. The third-order valence-corrected chi connectivity index (χ3v) is 4.38. The third kappa shape index (κ3) is 3.37. The summed E-state index contributed by atoms with van der Waals surface area (Å²) >= 11 is 1.53. The molecule has 2 rings (SSSR count). The lowest BCUT2D eigenvalue weighted by Crippen LogP contribution is -2.25. The van der Waals surface area contributed by atoms with Crippen LogP contribution in [0.15, 0.2) is 29.2 Å². The van der Waals surface area contributed by atoms with Crippen molar-refractivity contribution in [2.75, 3.05) is 11.6 Å². The predicted octanol–water partition coefficient (Wildman–Crippen LogP) is 3.33. The van der Waals surface area contributed by atoms with Crippen molar-refractivity contribution >= 4 is 29.0 Å². The Morgan fingerprint density at radius 3 is 2.61 bits per heavy atom. The van der Waals surface area contributed by atoms with E-state index in [1.165, 1.54) is 16.4 Å². The number of aryl methyl sites for hydroxylation is 1. The van der Waals surface area contributed by atoms with Crippen LogP contribution in [0, 0.1) is 24.0 Å². The number of rotatable bonds is 5. The minimum atomic E-state index is -0.655. The van der Waals surface area contributed by atoms with Gasteiger partial charge in [0.1, 0.15) is 17.4 Å². The molecule has 0 saturated heterocycles. The number of nitrogens with zero attached hydrogens (tertiary/aromatic N) is 3. The van der Waals surface area contributed by atoms with Crippen molar-refractivity contribution in [3.05, 3.63) is 45.8 Å². The average Bonchev–Trinajstić information content (AvgIpc) is 2.81. The summed E-state index contributed by atoms with van der Waals surface area (Å²) < 4.78 is 1.39. The number of nitrogens with one attached hydrogen (secondary N) is 1. The molecule has 1 aromatic carbocycles. The molecule has 0 bridgehead atoms. The van der Waals surface area contributed by atoms with Gasteiger partial charge in [0.25, 0.3) is 0 Å². The number of hydrogen-bond acceptors (Lipinski definition) is 5. The lowest BCUT2D eigenvalue weighted by atomic mass is 10.2. The number of thioether (sulfide) groups is 1. The average molecular weight is 334 g/mol. The second kappa shape index (κ2) is 6.82. The van der Waals surface area contributed by atoms with Gasteiger partial charge in [0.15, 0.2) is 0 Å². The number of carbonyl (C=O) groups is 1. The number of carbonyl (C=O) groups excluding carboxylic acids is 1. The molecule has 0 radical (unpaired) electrons. The van der Waals surface area contributed by atoms with E-state index >= 15 is 0 Å². The molecule has 1 amide bonds. The van der Waals surface area contributed by atoms with Crippen LogP contribution in [0.5, 0.6) is 0 Å². The molecule has 8 heteroatoms. The van der Waals surface area contributed by atoms with Crippen LogP contribution >= 0.6 is 11.8 Å². The molecule has 23 heavy (non-hydrogen) atoms. The highest BCUT2D eigenvalue weighted by molar-refractivity contribution is 7.98. The second-order valence-corrected chi connectivity index (χ2v) is 5.93. The van der Waals surface area contributed by atoms with Crippen LogP contribution in [-0.2, 0) is 4.79 Å². The second-order valence-electron chi connectivity index (χ2n) is 5.09. The number of anilines is 1. The molecule has 7 nitrogen and oxygen atoms in total. The van der Waals surface area contributed by atoms with Crippen molar-refractivity contribution in [2.24, 2.45) is 0 Å². The molecule has 1 atom stereocenters. The van der Waals surface area contributed by atoms with Gasteiger partial charge in [-0.3, -0.25) is 19.6 Å². The first-order chi connectivity index (χ1) is 10.9. The number of para-hydroxylation sites is 1. The lowest BCUT2D eigenvalue weighted by molar-refractivity contribution is -0.386. The highest BCUT2D eigenvalue weighted by Crippen LogP contribution is 2.27. The number of hydrogen-bond donors (Lipinski definition) is 1.